The molecule has 0 heterocycles. The molecule has 0 radical (unpaired) electrons. The molecule has 0 rings (SSSR count). The maximum absolute atomic E-state index is 5.58. The minimum absolute atomic E-state index is 0. The summed E-state index contributed by atoms with van der Waals surface area (Å²) >= 11 is 0. The van der Waals surface area contributed by atoms with E-state index in [-0.39, 0.29) is 29.4 Å². The van der Waals surface area contributed by atoms with Crippen LogP contribution in [-0.4, -0.2) is 122 Å². The van der Waals surface area contributed by atoms with E-state index in [2.05, 4.69) is 41.5 Å². The van der Waals surface area contributed by atoms with E-state index in [1.807, 2.05) is 0 Å². The van der Waals surface area contributed by atoms with Crippen LogP contribution in [0.4, 0.5) is 0 Å². The first-order chi connectivity index (χ1) is 22.1. The molecule has 0 aromatic carbocycles. The monoisotopic (exact) mass is 810 g/mol. The molecule has 0 aliphatic carbocycles. The van der Waals surface area contributed by atoms with Crippen LogP contribution in [0, 0.1) is 0 Å². The summed E-state index contributed by atoms with van der Waals surface area (Å²) in [4.78, 5) is 0. The zero-order chi connectivity index (χ0) is 35.2. The van der Waals surface area contributed by atoms with Gasteiger partial charge in [0.15, 0.2) is 0 Å². The van der Waals surface area contributed by atoms with Crippen molar-refractivity contribution in [3.63, 3.8) is 0 Å². The van der Waals surface area contributed by atoms with Gasteiger partial charge in [0.2, 0.25) is 0 Å². The van der Waals surface area contributed by atoms with E-state index in [4.69, 9.17) is 26.6 Å². The lowest BCUT2D eigenvalue weighted by Gasteiger charge is -2.40. The Balaban J connectivity index is -0.000000387. The maximum atomic E-state index is 5.58. The molecule has 0 aromatic heterocycles. The Morgan fingerprint density at radius 3 is 0.646 bits per heavy atom. The molecule has 12 heteroatoms. The molecule has 48 heavy (non-hydrogen) atoms. The van der Waals surface area contributed by atoms with E-state index in [9.17, 15) is 0 Å². The third-order valence-electron chi connectivity index (χ3n) is 10.0. The molecule has 0 aliphatic heterocycles. The Hall–Kier alpha value is 0.884. The molecule has 0 fully saturated rings. The van der Waals surface area contributed by atoms with Crippen molar-refractivity contribution in [2.24, 2.45) is 0 Å². The topological polar surface area (TPSA) is 55.4 Å². The number of nitrogens with zero attached hydrogens (tertiary/aromatic N) is 2. The van der Waals surface area contributed by atoms with Crippen molar-refractivity contribution in [3.05, 3.63) is 0 Å². The molecular formula is C36H84BrClN2O6Si2. The second-order valence-electron chi connectivity index (χ2n) is 13.4. The highest BCUT2D eigenvalue weighted by Crippen LogP contribution is 2.22. The number of rotatable bonds is 32. The van der Waals surface area contributed by atoms with Gasteiger partial charge in [-0.25, -0.2) is 0 Å². The Labute approximate surface area is 319 Å². The average molecular weight is 813 g/mol. The Morgan fingerprint density at radius 1 is 0.333 bits per heavy atom. The first-order valence-electron chi connectivity index (χ1n) is 19.2. The standard InChI is InChI=1S/2C18H42NO3Si.BrH.ClH/c2*1-7-10-14-19(15-11-8-2,16-12-9-3)17-13-18-23(20-4,21-5)22-6;;/h2*7-18H2,1-6H3;2*1H/q2*+1;;/p-2. The number of halogens is 2. The first kappa shape index (κ1) is 55.6. The van der Waals surface area contributed by atoms with Crippen LogP contribution in [-0.2, 0) is 26.6 Å². The molecule has 0 saturated heterocycles. The molecule has 0 spiro atoms. The number of hydrogen-bond donors (Lipinski definition) is 0. The van der Waals surface area contributed by atoms with Crippen LogP contribution in [0.3, 0.4) is 0 Å². The van der Waals surface area contributed by atoms with E-state index in [1.54, 1.807) is 42.7 Å². The van der Waals surface area contributed by atoms with Gasteiger partial charge in [-0.1, -0.05) is 80.1 Å². The number of hydrogen-bond acceptors (Lipinski definition) is 6. The summed E-state index contributed by atoms with van der Waals surface area (Å²) in [6, 6.07) is 1.84. The van der Waals surface area contributed by atoms with Gasteiger partial charge in [-0.15, -0.1) is 0 Å². The summed E-state index contributed by atoms with van der Waals surface area (Å²) in [5.74, 6) is 0. The fraction of sp³-hybridized carbons (Fsp3) is 1.00. The molecule has 8 nitrogen and oxygen atoms in total. The van der Waals surface area contributed by atoms with E-state index in [1.165, 1.54) is 138 Å². The molecule has 296 valence electrons. The van der Waals surface area contributed by atoms with Crippen LogP contribution in [0.15, 0.2) is 0 Å². The van der Waals surface area contributed by atoms with Gasteiger partial charge in [0.25, 0.3) is 0 Å². The molecule has 0 saturated carbocycles. The summed E-state index contributed by atoms with van der Waals surface area (Å²) in [5, 5.41) is 0. The van der Waals surface area contributed by atoms with Gasteiger partial charge in [0.1, 0.15) is 0 Å². The quantitative estimate of drug-likeness (QED) is 0.0771. The van der Waals surface area contributed by atoms with Crippen LogP contribution in [0.5, 0.6) is 0 Å². The van der Waals surface area contributed by atoms with Crippen molar-refractivity contribution in [1.82, 2.24) is 0 Å². The van der Waals surface area contributed by atoms with Crippen LogP contribution >= 0.6 is 0 Å². The van der Waals surface area contributed by atoms with E-state index < -0.39 is 17.6 Å². The fourth-order valence-corrected chi connectivity index (χ4v) is 10.1. The van der Waals surface area contributed by atoms with Crippen LogP contribution < -0.4 is 29.4 Å². The zero-order valence-corrected chi connectivity index (χ0v) is 38.4. The minimum atomic E-state index is -2.42. The molecule has 0 atom stereocenters. The Morgan fingerprint density at radius 2 is 0.500 bits per heavy atom. The van der Waals surface area contributed by atoms with Crippen molar-refractivity contribution in [1.29, 1.82) is 0 Å². The maximum Gasteiger partial charge on any atom is 0.500 e. The SMILES string of the molecule is CCCC[N+](CCCC)(CCCC)CCC[Si](OC)(OC)OC.CCCC[N+](CCCC)(CCCC)CCC[Si](OC)(OC)OC.[Br-].[Cl-]. The lowest BCUT2D eigenvalue weighted by atomic mass is 10.1. The Bertz CT molecular complexity index is 554. The number of unbranched alkanes of at least 4 members (excludes halogenated alkanes) is 6. The normalized spacial score (nSPS) is 12.2. The lowest BCUT2D eigenvalue weighted by molar-refractivity contribution is -0.929. The number of quaternary nitrogens is 2. The molecule has 0 unspecified atom stereocenters. The second-order valence-corrected chi connectivity index (χ2v) is 19.6. The molecular weight excluding hydrogens is 728 g/mol. The molecule has 0 aliphatic rings. The summed E-state index contributed by atoms with van der Waals surface area (Å²) in [6.45, 7) is 24.2. The lowest BCUT2D eigenvalue weighted by Crippen LogP contribution is -3.00. The van der Waals surface area contributed by atoms with Gasteiger partial charge < -0.3 is 64.9 Å². The van der Waals surface area contributed by atoms with E-state index in [0.717, 1.165) is 24.9 Å². The summed E-state index contributed by atoms with van der Waals surface area (Å²) in [6.07, 6.45) is 17.9. The predicted molar refractivity (Wildman–Crippen MR) is 201 cm³/mol. The van der Waals surface area contributed by atoms with Crippen LogP contribution in [0.25, 0.3) is 0 Å². The van der Waals surface area contributed by atoms with Gasteiger partial charge in [-0.3, -0.25) is 0 Å². The van der Waals surface area contributed by atoms with Gasteiger partial charge in [-0.2, -0.15) is 0 Å². The minimum Gasteiger partial charge on any atom is -1.00 e. The summed E-state index contributed by atoms with van der Waals surface area (Å²) in [5.41, 5.74) is 0. The predicted octanol–water partition coefficient (Wildman–Crippen LogP) is 2.95. The highest BCUT2D eigenvalue weighted by atomic mass is 79.9. The second kappa shape index (κ2) is 34.9. The third-order valence-corrected chi connectivity index (χ3v) is 15.7. The van der Waals surface area contributed by atoms with Gasteiger partial charge in [0, 0.05) is 67.6 Å². The summed E-state index contributed by atoms with van der Waals surface area (Å²) < 4.78 is 36.0. The highest BCUT2D eigenvalue weighted by molar-refractivity contribution is 6.60. The van der Waals surface area contributed by atoms with Gasteiger partial charge in [-0.05, 0) is 38.5 Å². The van der Waals surface area contributed by atoms with Crippen LogP contribution in [0.2, 0.25) is 12.1 Å². The van der Waals surface area contributed by atoms with Crippen LogP contribution in [0.1, 0.15) is 131 Å². The van der Waals surface area contributed by atoms with Crippen molar-refractivity contribution in [2.75, 3.05) is 95.0 Å². The van der Waals surface area contributed by atoms with E-state index in [0.29, 0.717) is 0 Å². The third kappa shape index (κ3) is 23.4. The van der Waals surface area contributed by atoms with Gasteiger partial charge >= 0.3 is 17.6 Å². The van der Waals surface area contributed by atoms with Gasteiger partial charge in [0.05, 0.1) is 52.4 Å². The molecule has 0 aromatic rings. The smallest absolute Gasteiger partial charge is 0.500 e. The largest absolute Gasteiger partial charge is 1.00 e. The average Bonchev–Trinajstić information content (AvgIpc) is 3.10. The molecule has 0 N–H and O–H groups in total. The van der Waals surface area contributed by atoms with Crippen molar-refractivity contribution < 1.29 is 64.9 Å². The molecule has 0 bridgehead atoms. The first-order valence-corrected chi connectivity index (χ1v) is 23.0. The fourth-order valence-electron chi connectivity index (χ4n) is 6.68. The molecule has 0 amide bonds. The van der Waals surface area contributed by atoms with Crippen molar-refractivity contribution in [2.45, 2.75) is 144 Å². The zero-order valence-electron chi connectivity index (χ0n) is 34.1. The van der Waals surface area contributed by atoms with Crippen molar-refractivity contribution >= 4 is 17.6 Å². The van der Waals surface area contributed by atoms with Crippen molar-refractivity contribution in [3.8, 4) is 0 Å². The summed E-state index contributed by atoms with van der Waals surface area (Å²) in [7, 11) is 5.45. The Kier molecular flexibility index (Phi) is 40.5. The van der Waals surface area contributed by atoms with E-state index >= 15 is 0 Å². The highest BCUT2D eigenvalue weighted by Gasteiger charge is 2.39.